The first-order valence-electron chi connectivity index (χ1n) is 12.3. The van der Waals surface area contributed by atoms with Crippen LogP contribution >= 0.6 is 0 Å². The Morgan fingerprint density at radius 3 is 2.38 bits per heavy atom. The third-order valence-corrected chi connectivity index (χ3v) is 7.54. The average molecular weight is 429 g/mol. The lowest BCUT2D eigenvalue weighted by Gasteiger charge is -2.37. The summed E-state index contributed by atoms with van der Waals surface area (Å²) in [4.78, 5) is 12.0. The maximum absolute atomic E-state index is 12.0. The molecule has 4 rings (SSSR count). The quantitative estimate of drug-likeness (QED) is 0.300. The van der Waals surface area contributed by atoms with Gasteiger partial charge in [-0.05, 0) is 54.4 Å². The van der Waals surface area contributed by atoms with Gasteiger partial charge in [0.15, 0.2) is 0 Å². The molecule has 0 aliphatic heterocycles. The molecule has 2 heteroatoms. The van der Waals surface area contributed by atoms with E-state index in [1.54, 1.807) is 5.57 Å². The minimum atomic E-state index is -0.178. The Labute approximate surface area is 193 Å². The van der Waals surface area contributed by atoms with E-state index < -0.39 is 0 Å². The topological polar surface area (TPSA) is 26.3 Å². The van der Waals surface area contributed by atoms with Gasteiger partial charge in [-0.3, -0.25) is 4.79 Å². The number of unbranched alkanes of at least 4 members (excludes halogenated alkanes) is 3. The van der Waals surface area contributed by atoms with Crippen molar-refractivity contribution in [3.63, 3.8) is 0 Å². The molecule has 2 nitrogen and oxygen atoms in total. The zero-order valence-corrected chi connectivity index (χ0v) is 19.6. The van der Waals surface area contributed by atoms with Gasteiger partial charge in [0.1, 0.15) is 6.10 Å². The van der Waals surface area contributed by atoms with Gasteiger partial charge in [-0.2, -0.15) is 0 Å². The standard InChI is InChI=1S/C30H36O2/c1-4-5-6-9-18-26-21-27-28(32-23(3)31)19-20-30(27,22(2)24-14-10-7-11-15-24)29(26)25-16-12-8-13-17-25/h7-8,10-17,27-28H,2,4-6,9,18-21H2,1,3H3/t27-,28-,30-/m0/s1. The normalized spacial score (nSPS) is 24.4. The van der Waals surface area contributed by atoms with Crippen molar-refractivity contribution >= 4 is 17.1 Å². The summed E-state index contributed by atoms with van der Waals surface area (Å²) >= 11 is 0. The fourth-order valence-corrected chi connectivity index (χ4v) is 6.21. The summed E-state index contributed by atoms with van der Waals surface area (Å²) in [6.45, 7) is 8.50. The second kappa shape index (κ2) is 9.90. The molecule has 2 aromatic rings. The number of esters is 1. The van der Waals surface area contributed by atoms with Crippen LogP contribution in [-0.4, -0.2) is 12.1 Å². The van der Waals surface area contributed by atoms with Crippen LogP contribution in [0.5, 0.6) is 0 Å². The summed E-state index contributed by atoms with van der Waals surface area (Å²) in [5.41, 5.74) is 6.51. The van der Waals surface area contributed by atoms with Crippen LogP contribution in [0.3, 0.4) is 0 Å². The molecule has 0 unspecified atom stereocenters. The molecule has 1 fully saturated rings. The molecule has 3 atom stereocenters. The van der Waals surface area contributed by atoms with Crippen LogP contribution in [0.2, 0.25) is 0 Å². The van der Waals surface area contributed by atoms with Crippen LogP contribution in [0.25, 0.3) is 11.1 Å². The van der Waals surface area contributed by atoms with Crippen molar-refractivity contribution in [2.75, 3.05) is 0 Å². The Kier molecular flexibility index (Phi) is 6.98. The first-order chi connectivity index (χ1) is 15.6. The van der Waals surface area contributed by atoms with Gasteiger partial charge in [0.2, 0.25) is 0 Å². The number of rotatable bonds is 9. The fraction of sp³-hybridized carbons (Fsp3) is 0.433. The van der Waals surface area contributed by atoms with E-state index in [0.29, 0.717) is 0 Å². The summed E-state index contributed by atoms with van der Waals surface area (Å²) in [7, 11) is 0. The smallest absolute Gasteiger partial charge is 0.302 e. The van der Waals surface area contributed by atoms with Crippen molar-refractivity contribution in [1.82, 2.24) is 0 Å². The summed E-state index contributed by atoms with van der Waals surface area (Å²) in [5.74, 6) is 0.0873. The molecule has 168 valence electrons. The molecule has 0 N–H and O–H groups in total. The van der Waals surface area contributed by atoms with Crippen LogP contribution in [0.4, 0.5) is 0 Å². The average Bonchev–Trinajstić information content (AvgIpc) is 3.32. The molecule has 2 aliphatic rings. The molecule has 0 aromatic heterocycles. The Morgan fingerprint density at radius 2 is 1.72 bits per heavy atom. The van der Waals surface area contributed by atoms with Crippen LogP contribution in [-0.2, 0) is 9.53 Å². The third-order valence-electron chi connectivity index (χ3n) is 7.54. The van der Waals surface area contributed by atoms with Gasteiger partial charge in [0.25, 0.3) is 0 Å². The number of allylic oxidation sites excluding steroid dienone is 3. The molecule has 0 amide bonds. The fourth-order valence-electron chi connectivity index (χ4n) is 6.21. The van der Waals surface area contributed by atoms with Crippen molar-refractivity contribution in [2.24, 2.45) is 11.3 Å². The zero-order chi connectivity index (χ0) is 22.6. The van der Waals surface area contributed by atoms with Gasteiger partial charge >= 0.3 is 5.97 Å². The zero-order valence-electron chi connectivity index (χ0n) is 19.6. The minimum Gasteiger partial charge on any atom is -0.462 e. The Bertz CT molecular complexity index is 972. The number of benzene rings is 2. The highest BCUT2D eigenvalue weighted by Gasteiger charge is 2.58. The largest absolute Gasteiger partial charge is 0.462 e. The molecule has 32 heavy (non-hydrogen) atoms. The molecule has 0 saturated heterocycles. The number of ether oxygens (including phenoxy) is 1. The highest BCUT2D eigenvalue weighted by molar-refractivity contribution is 5.90. The second-order valence-corrected chi connectivity index (χ2v) is 9.47. The maximum atomic E-state index is 12.0. The highest BCUT2D eigenvalue weighted by Crippen LogP contribution is 2.66. The number of carbonyl (C=O) groups excluding carboxylic acids is 1. The van der Waals surface area contributed by atoms with E-state index in [1.807, 2.05) is 0 Å². The molecule has 0 heterocycles. The van der Waals surface area contributed by atoms with Crippen LogP contribution < -0.4 is 0 Å². The van der Waals surface area contributed by atoms with Crippen molar-refractivity contribution in [3.8, 4) is 0 Å². The van der Waals surface area contributed by atoms with E-state index in [-0.39, 0.29) is 23.4 Å². The lowest BCUT2D eigenvalue weighted by Crippen LogP contribution is -2.31. The van der Waals surface area contributed by atoms with Crippen LogP contribution in [0.1, 0.15) is 76.3 Å². The van der Waals surface area contributed by atoms with E-state index in [1.165, 1.54) is 54.9 Å². The van der Waals surface area contributed by atoms with E-state index >= 15 is 0 Å². The Balaban J connectivity index is 1.81. The van der Waals surface area contributed by atoms with E-state index in [0.717, 1.165) is 25.7 Å². The lowest BCUT2D eigenvalue weighted by atomic mass is 9.66. The summed E-state index contributed by atoms with van der Waals surface area (Å²) < 4.78 is 5.91. The summed E-state index contributed by atoms with van der Waals surface area (Å²) in [5, 5.41) is 0. The lowest BCUT2D eigenvalue weighted by molar-refractivity contribution is -0.148. The molecule has 0 bridgehead atoms. The van der Waals surface area contributed by atoms with E-state index in [9.17, 15) is 4.79 Å². The van der Waals surface area contributed by atoms with Gasteiger partial charge in [-0.25, -0.2) is 0 Å². The van der Waals surface area contributed by atoms with Gasteiger partial charge in [0.05, 0.1) is 0 Å². The van der Waals surface area contributed by atoms with E-state index in [4.69, 9.17) is 11.3 Å². The summed E-state index contributed by atoms with van der Waals surface area (Å²) in [6, 6.07) is 21.5. The highest BCUT2D eigenvalue weighted by atomic mass is 16.5. The molecule has 2 aliphatic carbocycles. The van der Waals surface area contributed by atoms with Crippen molar-refractivity contribution in [2.45, 2.75) is 71.3 Å². The van der Waals surface area contributed by atoms with Crippen molar-refractivity contribution in [3.05, 3.63) is 83.9 Å². The number of hydrogen-bond acceptors (Lipinski definition) is 2. The monoisotopic (exact) mass is 428 g/mol. The predicted octanol–water partition coefficient (Wildman–Crippen LogP) is 7.86. The predicted molar refractivity (Wildman–Crippen MR) is 133 cm³/mol. The third kappa shape index (κ3) is 4.20. The molecular formula is C30H36O2. The molecular weight excluding hydrogens is 392 g/mol. The van der Waals surface area contributed by atoms with Crippen LogP contribution in [0, 0.1) is 11.3 Å². The number of hydrogen-bond donors (Lipinski definition) is 0. The summed E-state index contributed by atoms with van der Waals surface area (Å²) in [6.07, 6.45) is 8.98. The number of fused-ring (bicyclic) bond motifs is 1. The minimum absolute atomic E-state index is 0.0418. The van der Waals surface area contributed by atoms with Gasteiger partial charge in [0, 0.05) is 18.3 Å². The molecule has 0 radical (unpaired) electrons. The van der Waals surface area contributed by atoms with Gasteiger partial charge in [-0.1, -0.05) is 99.0 Å². The Hall–Kier alpha value is -2.61. The van der Waals surface area contributed by atoms with Crippen molar-refractivity contribution in [1.29, 1.82) is 0 Å². The SMILES string of the molecule is C=C(c1ccccc1)[C@@]12CC[C@H](OC(C)=O)[C@@H]1CC(CCCCCC)=C2c1ccccc1. The first kappa shape index (κ1) is 22.6. The molecule has 1 saturated carbocycles. The van der Waals surface area contributed by atoms with E-state index in [2.05, 4.69) is 67.6 Å². The Morgan fingerprint density at radius 1 is 1.03 bits per heavy atom. The molecule has 0 spiro atoms. The van der Waals surface area contributed by atoms with Gasteiger partial charge in [-0.15, -0.1) is 0 Å². The van der Waals surface area contributed by atoms with Crippen molar-refractivity contribution < 1.29 is 9.53 Å². The second-order valence-electron chi connectivity index (χ2n) is 9.47. The van der Waals surface area contributed by atoms with Crippen LogP contribution in [0.15, 0.2) is 72.8 Å². The maximum Gasteiger partial charge on any atom is 0.302 e. The first-order valence-corrected chi connectivity index (χ1v) is 12.3. The number of carbonyl (C=O) groups is 1. The van der Waals surface area contributed by atoms with Gasteiger partial charge < -0.3 is 4.74 Å². The molecule has 2 aromatic carbocycles.